The molecular weight excluding hydrogens is 112 g/mol. The van der Waals surface area contributed by atoms with Gasteiger partial charge in [-0.25, -0.2) is 0 Å². The van der Waals surface area contributed by atoms with Crippen LogP contribution in [0.5, 0.6) is 0 Å². The maximum atomic E-state index is 3.16. The van der Waals surface area contributed by atoms with E-state index in [0.717, 1.165) is 0 Å². The minimum atomic E-state index is 1.19. The predicted molar refractivity (Wildman–Crippen MR) is 32.5 cm³/mol. The van der Waals surface area contributed by atoms with E-state index in [0.29, 0.717) is 0 Å². The second kappa shape index (κ2) is 2.80. The fourth-order valence-corrected chi connectivity index (χ4v) is 2.09. The molecular formula is C4H6S2. The largest absolute Gasteiger partial charge is 0.0935 e. The van der Waals surface area contributed by atoms with E-state index >= 15 is 0 Å². The number of hydrogen-bond donors (Lipinski definition) is 0. The zero-order chi connectivity index (χ0) is 4.24. The Bertz CT molecular complexity index is 21.0. The molecule has 0 amide bonds. The van der Waals surface area contributed by atoms with Crippen LogP contribution in [0, 0.1) is 5.75 Å². The molecule has 0 aromatic carbocycles. The van der Waals surface area contributed by atoms with Gasteiger partial charge in [-0.15, -0.1) is 0 Å². The number of hydrogen-bond acceptors (Lipinski definition) is 2. The molecule has 0 N–H and O–H groups in total. The van der Waals surface area contributed by atoms with Gasteiger partial charge in [-0.1, -0.05) is 21.6 Å². The maximum absolute atomic E-state index is 3.16. The first-order chi connectivity index (χ1) is 3.00. The van der Waals surface area contributed by atoms with Crippen molar-refractivity contribution in [1.82, 2.24) is 0 Å². The lowest BCUT2D eigenvalue weighted by Crippen LogP contribution is -1.81. The highest BCUT2D eigenvalue weighted by Crippen LogP contribution is 2.32. The predicted octanol–water partition coefficient (Wildman–Crippen LogP) is 2.20. The zero-order valence-electron chi connectivity index (χ0n) is 3.44. The molecule has 0 bridgehead atoms. The van der Waals surface area contributed by atoms with E-state index in [2.05, 4.69) is 5.75 Å². The van der Waals surface area contributed by atoms with Gasteiger partial charge in [-0.3, -0.25) is 0 Å². The summed E-state index contributed by atoms with van der Waals surface area (Å²) in [6.45, 7) is 0. The lowest BCUT2D eigenvalue weighted by Gasteiger charge is -2.03. The monoisotopic (exact) mass is 118 g/mol. The highest BCUT2D eigenvalue weighted by atomic mass is 33.1. The SMILES string of the molecule is [C]1CCCSS1. The first-order valence-corrected chi connectivity index (χ1v) is 4.33. The van der Waals surface area contributed by atoms with Crippen molar-refractivity contribution in [2.45, 2.75) is 12.8 Å². The molecule has 0 saturated carbocycles. The summed E-state index contributed by atoms with van der Waals surface area (Å²) in [5.41, 5.74) is 0. The molecule has 0 aliphatic carbocycles. The number of rotatable bonds is 0. The molecule has 0 atom stereocenters. The van der Waals surface area contributed by atoms with E-state index < -0.39 is 0 Å². The minimum Gasteiger partial charge on any atom is -0.0935 e. The molecule has 1 fully saturated rings. The first kappa shape index (κ1) is 4.85. The van der Waals surface area contributed by atoms with E-state index in [1.165, 1.54) is 18.6 Å². The van der Waals surface area contributed by atoms with Crippen LogP contribution in [-0.2, 0) is 0 Å². The van der Waals surface area contributed by atoms with Crippen LogP contribution in [-0.4, -0.2) is 5.75 Å². The van der Waals surface area contributed by atoms with Crippen molar-refractivity contribution in [3.05, 3.63) is 5.75 Å². The van der Waals surface area contributed by atoms with E-state index in [1.807, 2.05) is 10.8 Å². The van der Waals surface area contributed by atoms with Crippen molar-refractivity contribution >= 4 is 21.6 Å². The molecule has 0 aromatic heterocycles. The molecule has 0 aromatic rings. The molecule has 6 heavy (non-hydrogen) atoms. The van der Waals surface area contributed by atoms with Crippen LogP contribution in [0.2, 0.25) is 0 Å². The van der Waals surface area contributed by atoms with Gasteiger partial charge in [0.25, 0.3) is 0 Å². The second-order valence-corrected chi connectivity index (χ2v) is 3.46. The lowest BCUT2D eigenvalue weighted by atomic mass is 10.4. The van der Waals surface area contributed by atoms with Crippen LogP contribution in [0.25, 0.3) is 0 Å². The Morgan fingerprint density at radius 2 is 2.50 bits per heavy atom. The molecule has 1 aliphatic heterocycles. The Morgan fingerprint density at radius 1 is 1.50 bits per heavy atom. The Morgan fingerprint density at radius 3 is 2.67 bits per heavy atom. The fraction of sp³-hybridized carbons (Fsp3) is 0.750. The van der Waals surface area contributed by atoms with Crippen molar-refractivity contribution in [3.8, 4) is 0 Å². The van der Waals surface area contributed by atoms with Crippen molar-refractivity contribution < 1.29 is 0 Å². The highest BCUT2D eigenvalue weighted by Gasteiger charge is 1.97. The molecule has 1 saturated heterocycles. The molecule has 34 valence electrons. The van der Waals surface area contributed by atoms with Gasteiger partial charge >= 0.3 is 0 Å². The van der Waals surface area contributed by atoms with Crippen LogP contribution in [0.1, 0.15) is 12.8 Å². The average Bonchev–Trinajstić information content (AvgIpc) is 1.72. The lowest BCUT2D eigenvalue weighted by molar-refractivity contribution is 0.956. The van der Waals surface area contributed by atoms with Gasteiger partial charge in [0.15, 0.2) is 0 Å². The third-order valence-corrected chi connectivity index (χ3v) is 2.73. The van der Waals surface area contributed by atoms with Crippen LogP contribution in [0.15, 0.2) is 0 Å². The molecule has 0 nitrogen and oxygen atoms in total. The Balaban J connectivity index is 2.00. The zero-order valence-corrected chi connectivity index (χ0v) is 5.07. The van der Waals surface area contributed by atoms with Gasteiger partial charge < -0.3 is 0 Å². The van der Waals surface area contributed by atoms with Gasteiger partial charge in [-0.2, -0.15) is 0 Å². The summed E-state index contributed by atoms with van der Waals surface area (Å²) in [4.78, 5) is 0. The topological polar surface area (TPSA) is 0 Å². The fourth-order valence-electron chi connectivity index (χ4n) is 0.328. The smallest absolute Gasteiger partial charge is 0.0602 e. The molecule has 1 rings (SSSR count). The third kappa shape index (κ3) is 1.43. The summed E-state index contributed by atoms with van der Waals surface area (Å²) in [6.07, 6.45) is 2.52. The van der Waals surface area contributed by atoms with Crippen molar-refractivity contribution in [2.75, 3.05) is 5.75 Å². The van der Waals surface area contributed by atoms with E-state index in [-0.39, 0.29) is 0 Å². The molecule has 1 heterocycles. The summed E-state index contributed by atoms with van der Waals surface area (Å²) in [5, 5.41) is 0. The van der Waals surface area contributed by atoms with E-state index in [1.54, 1.807) is 10.8 Å². The Hall–Kier alpha value is 0.700. The van der Waals surface area contributed by atoms with Crippen molar-refractivity contribution in [3.63, 3.8) is 0 Å². The molecule has 2 radical (unpaired) electrons. The summed E-state index contributed by atoms with van der Waals surface area (Å²) in [5.74, 6) is 4.48. The van der Waals surface area contributed by atoms with Gasteiger partial charge in [-0.05, 0) is 12.8 Å². The summed E-state index contributed by atoms with van der Waals surface area (Å²) in [7, 11) is 3.66. The Labute approximate surface area is 46.5 Å². The van der Waals surface area contributed by atoms with E-state index in [4.69, 9.17) is 0 Å². The van der Waals surface area contributed by atoms with Crippen molar-refractivity contribution in [1.29, 1.82) is 0 Å². The normalized spacial score (nSPS) is 24.0. The molecule has 2 heteroatoms. The molecule has 0 unspecified atom stereocenters. The quantitative estimate of drug-likeness (QED) is 0.447. The maximum Gasteiger partial charge on any atom is 0.0602 e. The standard InChI is InChI=1S/C4H6S2/c1-2-4-6-5-3-1/h1-3H2. The van der Waals surface area contributed by atoms with Gasteiger partial charge in [0.1, 0.15) is 0 Å². The van der Waals surface area contributed by atoms with Gasteiger partial charge in [0, 0.05) is 5.75 Å². The van der Waals surface area contributed by atoms with E-state index in [9.17, 15) is 0 Å². The van der Waals surface area contributed by atoms with Crippen LogP contribution < -0.4 is 0 Å². The second-order valence-electron chi connectivity index (χ2n) is 1.15. The van der Waals surface area contributed by atoms with Crippen LogP contribution in [0.3, 0.4) is 0 Å². The van der Waals surface area contributed by atoms with Gasteiger partial charge in [0.05, 0.1) is 5.75 Å². The van der Waals surface area contributed by atoms with Gasteiger partial charge in [0.2, 0.25) is 0 Å². The Kier molecular flexibility index (Phi) is 2.27. The average molecular weight is 118 g/mol. The van der Waals surface area contributed by atoms with Crippen LogP contribution in [0.4, 0.5) is 0 Å². The third-order valence-electron chi connectivity index (χ3n) is 0.624. The van der Waals surface area contributed by atoms with Crippen molar-refractivity contribution in [2.24, 2.45) is 0 Å². The molecule has 0 spiro atoms. The van der Waals surface area contributed by atoms with Crippen LogP contribution >= 0.6 is 21.6 Å². The summed E-state index contributed by atoms with van der Waals surface area (Å²) in [6, 6.07) is 0. The summed E-state index contributed by atoms with van der Waals surface area (Å²) < 4.78 is 0. The minimum absolute atomic E-state index is 1.19. The summed E-state index contributed by atoms with van der Waals surface area (Å²) >= 11 is 0. The molecule has 1 aliphatic rings. The highest BCUT2D eigenvalue weighted by molar-refractivity contribution is 8.77. The first-order valence-electron chi connectivity index (χ1n) is 2.01.